The summed E-state index contributed by atoms with van der Waals surface area (Å²) < 4.78 is 5.17. The van der Waals surface area contributed by atoms with Crippen LogP contribution in [0, 0.1) is 23.2 Å². The van der Waals surface area contributed by atoms with Gasteiger partial charge < -0.3 is 4.74 Å². The topological polar surface area (TPSA) is 33.0 Å². The third-order valence-corrected chi connectivity index (χ3v) is 1.87. The quantitative estimate of drug-likeness (QED) is 0.527. The summed E-state index contributed by atoms with van der Waals surface area (Å²) in [5.74, 6) is 1.08. The van der Waals surface area contributed by atoms with Gasteiger partial charge >= 0.3 is 0 Å². The molecule has 50 valence electrons. The Morgan fingerprint density at radius 1 is 1.67 bits per heavy atom. The molecule has 0 spiro atoms. The molecule has 2 nitrogen and oxygen atoms in total. The highest BCUT2D eigenvalue weighted by Gasteiger charge is 2.23. The van der Waals surface area contributed by atoms with Gasteiger partial charge in [0.2, 0.25) is 0 Å². The highest BCUT2D eigenvalue weighted by molar-refractivity contribution is 4.81. The summed E-state index contributed by atoms with van der Waals surface area (Å²) in [6, 6.07) is 2.16. The van der Waals surface area contributed by atoms with Crippen LogP contribution in [0.15, 0.2) is 0 Å². The van der Waals surface area contributed by atoms with Crippen molar-refractivity contribution in [3.8, 4) is 6.07 Å². The number of rotatable bonds is 1. The maximum atomic E-state index is 8.34. The molecule has 0 aromatic heterocycles. The molecule has 2 unspecified atom stereocenters. The molecule has 0 aromatic rings. The van der Waals surface area contributed by atoms with Crippen molar-refractivity contribution in [2.75, 3.05) is 13.2 Å². The Morgan fingerprint density at radius 2 is 2.44 bits per heavy atom. The van der Waals surface area contributed by atoms with Crippen LogP contribution in [-0.4, -0.2) is 13.2 Å². The maximum Gasteiger partial charge on any atom is 0.0625 e. The van der Waals surface area contributed by atoms with E-state index in [1.807, 2.05) is 0 Å². The maximum absolute atomic E-state index is 8.34. The van der Waals surface area contributed by atoms with Gasteiger partial charge in [0.25, 0.3) is 0 Å². The highest BCUT2D eigenvalue weighted by atomic mass is 16.5. The summed E-state index contributed by atoms with van der Waals surface area (Å²) in [6.45, 7) is 3.76. The lowest BCUT2D eigenvalue weighted by Gasteiger charge is -2.05. The third kappa shape index (κ3) is 1.43. The first kappa shape index (κ1) is 6.57. The Morgan fingerprint density at radius 3 is 2.89 bits per heavy atom. The van der Waals surface area contributed by atoms with E-state index in [2.05, 4.69) is 13.0 Å². The van der Waals surface area contributed by atoms with Crippen molar-refractivity contribution in [2.24, 2.45) is 11.8 Å². The van der Waals surface area contributed by atoms with Gasteiger partial charge in [0.15, 0.2) is 0 Å². The van der Waals surface area contributed by atoms with Crippen molar-refractivity contribution in [3.63, 3.8) is 0 Å². The normalized spacial score (nSPS) is 34.2. The van der Waals surface area contributed by atoms with Crippen LogP contribution in [0.1, 0.15) is 13.3 Å². The van der Waals surface area contributed by atoms with Crippen molar-refractivity contribution in [1.82, 2.24) is 0 Å². The summed E-state index contributed by atoms with van der Waals surface area (Å²) in [7, 11) is 0. The fourth-order valence-corrected chi connectivity index (χ4v) is 1.08. The molecule has 2 heteroatoms. The molecule has 1 heterocycles. The van der Waals surface area contributed by atoms with Gasteiger partial charge in [0, 0.05) is 13.0 Å². The van der Waals surface area contributed by atoms with Gasteiger partial charge in [-0.3, -0.25) is 0 Å². The van der Waals surface area contributed by atoms with E-state index in [0.29, 0.717) is 18.3 Å². The van der Waals surface area contributed by atoms with Crippen molar-refractivity contribution in [3.05, 3.63) is 0 Å². The molecule has 0 radical (unpaired) electrons. The van der Waals surface area contributed by atoms with E-state index in [-0.39, 0.29) is 0 Å². The van der Waals surface area contributed by atoms with Crippen molar-refractivity contribution >= 4 is 0 Å². The second-order valence-corrected chi connectivity index (χ2v) is 2.64. The van der Waals surface area contributed by atoms with Gasteiger partial charge in [-0.2, -0.15) is 5.26 Å². The predicted octanol–water partition coefficient (Wildman–Crippen LogP) is 1.18. The summed E-state index contributed by atoms with van der Waals surface area (Å²) in [6.07, 6.45) is 0.654. The van der Waals surface area contributed by atoms with Gasteiger partial charge in [0.05, 0.1) is 12.7 Å². The van der Waals surface area contributed by atoms with Crippen molar-refractivity contribution in [2.45, 2.75) is 13.3 Å². The Balaban J connectivity index is 2.33. The lowest BCUT2D eigenvalue weighted by atomic mass is 9.96. The lowest BCUT2D eigenvalue weighted by Crippen LogP contribution is -2.06. The molecule has 0 aromatic carbocycles. The van der Waals surface area contributed by atoms with E-state index < -0.39 is 0 Å². The predicted molar refractivity (Wildman–Crippen MR) is 33.7 cm³/mol. The average molecular weight is 125 g/mol. The van der Waals surface area contributed by atoms with Gasteiger partial charge in [-0.25, -0.2) is 0 Å². The number of ether oxygens (including phenoxy) is 1. The van der Waals surface area contributed by atoms with Crippen LogP contribution in [0.2, 0.25) is 0 Å². The van der Waals surface area contributed by atoms with Crippen LogP contribution in [0.4, 0.5) is 0 Å². The second-order valence-electron chi connectivity index (χ2n) is 2.64. The standard InChI is InChI=1S/C7H11NO/c1-6-4-9-5-7(6)2-3-8/h6-7H,2,4-5H2,1H3. The first-order valence-electron chi connectivity index (χ1n) is 3.29. The van der Waals surface area contributed by atoms with E-state index in [4.69, 9.17) is 10.00 Å². The number of nitriles is 1. The van der Waals surface area contributed by atoms with Gasteiger partial charge in [-0.1, -0.05) is 6.92 Å². The summed E-state index contributed by atoms with van der Waals surface area (Å²) in [5.41, 5.74) is 0. The molecule has 1 fully saturated rings. The summed E-state index contributed by atoms with van der Waals surface area (Å²) in [5, 5.41) is 8.34. The average Bonchev–Trinajstić information content (AvgIpc) is 2.18. The van der Waals surface area contributed by atoms with E-state index in [1.165, 1.54) is 0 Å². The van der Waals surface area contributed by atoms with E-state index >= 15 is 0 Å². The van der Waals surface area contributed by atoms with Crippen molar-refractivity contribution < 1.29 is 4.74 Å². The Labute approximate surface area is 55.4 Å². The van der Waals surface area contributed by atoms with Crippen molar-refractivity contribution in [1.29, 1.82) is 5.26 Å². The zero-order valence-corrected chi connectivity index (χ0v) is 5.63. The molecule has 2 atom stereocenters. The van der Waals surface area contributed by atoms with Crippen LogP contribution < -0.4 is 0 Å². The molecule has 1 saturated heterocycles. The molecule has 0 bridgehead atoms. The zero-order chi connectivity index (χ0) is 6.69. The molecule has 9 heavy (non-hydrogen) atoms. The zero-order valence-electron chi connectivity index (χ0n) is 5.63. The number of hydrogen-bond donors (Lipinski definition) is 0. The Bertz CT molecular complexity index is 127. The van der Waals surface area contributed by atoms with Crippen LogP contribution in [0.3, 0.4) is 0 Å². The lowest BCUT2D eigenvalue weighted by molar-refractivity contribution is 0.182. The van der Waals surface area contributed by atoms with Gasteiger partial charge in [-0.05, 0) is 11.8 Å². The van der Waals surface area contributed by atoms with Gasteiger partial charge in [0.1, 0.15) is 0 Å². The molecule has 1 rings (SSSR count). The minimum absolute atomic E-state index is 0.495. The minimum Gasteiger partial charge on any atom is -0.381 e. The number of nitrogens with zero attached hydrogens (tertiary/aromatic N) is 1. The SMILES string of the molecule is CC1COCC1CC#N. The Kier molecular flexibility index (Phi) is 2.07. The van der Waals surface area contributed by atoms with E-state index in [1.54, 1.807) is 0 Å². The molecule has 1 aliphatic heterocycles. The first-order valence-corrected chi connectivity index (χ1v) is 3.29. The van der Waals surface area contributed by atoms with E-state index in [9.17, 15) is 0 Å². The Hall–Kier alpha value is -0.550. The summed E-state index contributed by atoms with van der Waals surface area (Å²) >= 11 is 0. The molecule has 0 N–H and O–H groups in total. The molecular formula is C7H11NO. The summed E-state index contributed by atoms with van der Waals surface area (Å²) in [4.78, 5) is 0. The molecule has 0 amide bonds. The number of hydrogen-bond acceptors (Lipinski definition) is 2. The molecule has 1 aliphatic rings. The fraction of sp³-hybridized carbons (Fsp3) is 0.857. The smallest absolute Gasteiger partial charge is 0.0625 e. The second kappa shape index (κ2) is 2.84. The monoisotopic (exact) mass is 125 g/mol. The van der Waals surface area contributed by atoms with Crippen LogP contribution in [0.25, 0.3) is 0 Å². The first-order chi connectivity index (χ1) is 4.34. The van der Waals surface area contributed by atoms with Crippen LogP contribution in [-0.2, 0) is 4.74 Å². The van der Waals surface area contributed by atoms with Gasteiger partial charge in [-0.15, -0.1) is 0 Å². The molecule has 0 aliphatic carbocycles. The fourth-order valence-electron chi connectivity index (χ4n) is 1.08. The van der Waals surface area contributed by atoms with Crippen LogP contribution in [0.5, 0.6) is 0 Å². The largest absolute Gasteiger partial charge is 0.381 e. The molecular weight excluding hydrogens is 114 g/mol. The van der Waals surface area contributed by atoms with E-state index in [0.717, 1.165) is 13.2 Å². The minimum atomic E-state index is 0.495. The van der Waals surface area contributed by atoms with Crippen LogP contribution >= 0.6 is 0 Å². The highest BCUT2D eigenvalue weighted by Crippen LogP contribution is 2.22. The third-order valence-electron chi connectivity index (χ3n) is 1.87. The molecule has 0 saturated carbocycles.